The molecule has 3 aromatic rings. The quantitative estimate of drug-likeness (QED) is 0.637. The van der Waals surface area contributed by atoms with E-state index in [9.17, 15) is 4.79 Å². The molecule has 1 N–H and O–H groups in total. The minimum atomic E-state index is -0.264. The van der Waals surface area contributed by atoms with Crippen molar-refractivity contribution in [3.05, 3.63) is 71.9 Å². The smallest absolute Gasteiger partial charge is 0.259 e. The summed E-state index contributed by atoms with van der Waals surface area (Å²) in [5, 5.41) is 2.82. The van der Waals surface area contributed by atoms with Gasteiger partial charge in [-0.25, -0.2) is 4.98 Å². The molecular formula is C22H22N2O4. The van der Waals surface area contributed by atoms with Crippen LogP contribution in [0.2, 0.25) is 0 Å². The first-order chi connectivity index (χ1) is 13.6. The van der Waals surface area contributed by atoms with Gasteiger partial charge in [0.1, 0.15) is 5.75 Å². The average molecular weight is 378 g/mol. The van der Waals surface area contributed by atoms with E-state index >= 15 is 0 Å². The molecule has 28 heavy (non-hydrogen) atoms. The van der Waals surface area contributed by atoms with Gasteiger partial charge in [0.25, 0.3) is 5.91 Å². The van der Waals surface area contributed by atoms with Crippen molar-refractivity contribution in [1.82, 2.24) is 4.98 Å². The lowest BCUT2D eigenvalue weighted by Crippen LogP contribution is -2.13. The molecule has 0 saturated heterocycles. The van der Waals surface area contributed by atoms with E-state index in [4.69, 9.17) is 14.2 Å². The van der Waals surface area contributed by atoms with Crippen LogP contribution in [-0.2, 0) is 0 Å². The van der Waals surface area contributed by atoms with Crippen LogP contribution in [0.4, 0.5) is 5.69 Å². The van der Waals surface area contributed by atoms with Gasteiger partial charge in [0.05, 0.1) is 31.2 Å². The highest BCUT2D eigenvalue weighted by molar-refractivity contribution is 6.06. The van der Waals surface area contributed by atoms with Crippen molar-refractivity contribution in [3.63, 3.8) is 0 Å². The molecule has 0 aliphatic carbocycles. The molecule has 0 atom stereocenters. The number of anilines is 1. The number of benzene rings is 2. The van der Waals surface area contributed by atoms with Gasteiger partial charge in [0.15, 0.2) is 11.5 Å². The van der Waals surface area contributed by atoms with E-state index in [1.807, 2.05) is 38.1 Å². The normalized spacial score (nSPS) is 10.2. The summed E-state index contributed by atoms with van der Waals surface area (Å²) in [7, 11) is 1.59. The summed E-state index contributed by atoms with van der Waals surface area (Å²) in [5.74, 6) is 1.88. The first kappa shape index (κ1) is 19.2. The highest BCUT2D eigenvalue weighted by atomic mass is 16.5. The Morgan fingerprint density at radius 1 is 1.04 bits per heavy atom. The molecule has 0 unspecified atom stereocenters. The molecule has 1 amide bonds. The van der Waals surface area contributed by atoms with Gasteiger partial charge in [-0.1, -0.05) is 18.2 Å². The number of methoxy groups -OCH3 is 1. The summed E-state index contributed by atoms with van der Waals surface area (Å²) >= 11 is 0. The van der Waals surface area contributed by atoms with Crippen LogP contribution in [-0.4, -0.2) is 24.6 Å². The number of carbonyl (C=O) groups is 1. The van der Waals surface area contributed by atoms with Crippen molar-refractivity contribution in [3.8, 4) is 23.1 Å². The molecule has 1 aromatic heterocycles. The summed E-state index contributed by atoms with van der Waals surface area (Å²) in [6.45, 7) is 4.34. The number of hydrogen-bond donors (Lipinski definition) is 1. The predicted octanol–water partition coefficient (Wildman–Crippen LogP) is 4.84. The van der Waals surface area contributed by atoms with Crippen LogP contribution in [0, 0.1) is 6.92 Å². The van der Waals surface area contributed by atoms with Crippen molar-refractivity contribution >= 4 is 11.6 Å². The Balaban J connectivity index is 1.71. The molecule has 0 spiro atoms. The van der Waals surface area contributed by atoms with Crippen LogP contribution in [0.5, 0.6) is 23.1 Å². The van der Waals surface area contributed by atoms with E-state index < -0.39 is 0 Å². The zero-order chi connectivity index (χ0) is 19.9. The van der Waals surface area contributed by atoms with Gasteiger partial charge in [-0.05, 0) is 49.7 Å². The molecule has 0 aliphatic heterocycles. The minimum Gasteiger partial charge on any atom is -0.493 e. The fourth-order valence-electron chi connectivity index (χ4n) is 2.62. The molecule has 0 bridgehead atoms. The second kappa shape index (κ2) is 8.90. The van der Waals surface area contributed by atoms with Crippen molar-refractivity contribution in [2.24, 2.45) is 0 Å². The fourth-order valence-corrected chi connectivity index (χ4v) is 2.62. The zero-order valence-corrected chi connectivity index (χ0v) is 16.1. The number of nitrogens with one attached hydrogen (secondary N) is 1. The lowest BCUT2D eigenvalue weighted by Gasteiger charge is -2.12. The summed E-state index contributed by atoms with van der Waals surface area (Å²) in [6, 6.07) is 16.2. The topological polar surface area (TPSA) is 69.7 Å². The van der Waals surface area contributed by atoms with Crippen molar-refractivity contribution in [2.45, 2.75) is 13.8 Å². The second-order valence-corrected chi connectivity index (χ2v) is 6.02. The molecule has 144 valence electrons. The number of rotatable bonds is 7. The Hall–Kier alpha value is -3.54. The van der Waals surface area contributed by atoms with Crippen LogP contribution < -0.4 is 19.5 Å². The van der Waals surface area contributed by atoms with E-state index in [1.165, 1.54) is 6.20 Å². The summed E-state index contributed by atoms with van der Waals surface area (Å²) in [4.78, 5) is 16.8. The van der Waals surface area contributed by atoms with E-state index in [2.05, 4.69) is 10.3 Å². The highest BCUT2D eigenvalue weighted by Crippen LogP contribution is 2.31. The van der Waals surface area contributed by atoms with Gasteiger partial charge in [-0.15, -0.1) is 0 Å². The monoisotopic (exact) mass is 378 g/mol. The fraction of sp³-hybridized carbons (Fsp3) is 0.182. The first-order valence-electron chi connectivity index (χ1n) is 8.92. The Bertz CT molecular complexity index is 955. The SMILES string of the molecule is CCOc1ccccc1C(=O)Nc1ccc(Oc2ccc(C)cc2OC)nc1. The largest absolute Gasteiger partial charge is 0.493 e. The number of nitrogens with zero attached hydrogens (tertiary/aromatic N) is 1. The number of aryl methyl sites for hydroxylation is 1. The molecule has 0 radical (unpaired) electrons. The van der Waals surface area contributed by atoms with E-state index in [1.54, 1.807) is 37.4 Å². The maximum Gasteiger partial charge on any atom is 0.259 e. The molecule has 1 heterocycles. The van der Waals surface area contributed by atoms with Crippen molar-refractivity contribution < 1.29 is 19.0 Å². The molecule has 2 aromatic carbocycles. The first-order valence-corrected chi connectivity index (χ1v) is 8.92. The number of hydrogen-bond acceptors (Lipinski definition) is 5. The molecule has 3 rings (SSSR count). The third-order valence-electron chi connectivity index (χ3n) is 3.96. The van der Waals surface area contributed by atoms with Crippen LogP contribution in [0.15, 0.2) is 60.8 Å². The lowest BCUT2D eigenvalue weighted by molar-refractivity contribution is 0.102. The summed E-state index contributed by atoms with van der Waals surface area (Å²) in [6.07, 6.45) is 1.54. The average Bonchev–Trinajstić information content (AvgIpc) is 2.71. The van der Waals surface area contributed by atoms with E-state index in [0.29, 0.717) is 41.0 Å². The van der Waals surface area contributed by atoms with Gasteiger partial charge in [-0.3, -0.25) is 4.79 Å². The Morgan fingerprint density at radius 2 is 1.86 bits per heavy atom. The van der Waals surface area contributed by atoms with E-state index in [0.717, 1.165) is 5.56 Å². The molecule has 0 fully saturated rings. The van der Waals surface area contributed by atoms with Gasteiger partial charge < -0.3 is 19.5 Å². The Kier molecular flexibility index (Phi) is 6.11. The van der Waals surface area contributed by atoms with Crippen molar-refractivity contribution in [1.29, 1.82) is 0 Å². The number of ether oxygens (including phenoxy) is 3. The van der Waals surface area contributed by atoms with Crippen LogP contribution in [0.3, 0.4) is 0 Å². The molecule has 6 nitrogen and oxygen atoms in total. The molecule has 6 heteroatoms. The zero-order valence-electron chi connectivity index (χ0n) is 16.1. The van der Waals surface area contributed by atoms with E-state index in [-0.39, 0.29) is 5.91 Å². The number of carbonyl (C=O) groups excluding carboxylic acids is 1. The maximum atomic E-state index is 12.5. The number of para-hydroxylation sites is 1. The van der Waals surface area contributed by atoms with Crippen LogP contribution >= 0.6 is 0 Å². The van der Waals surface area contributed by atoms with Crippen LogP contribution in [0.25, 0.3) is 0 Å². The highest BCUT2D eigenvalue weighted by Gasteiger charge is 2.13. The predicted molar refractivity (Wildman–Crippen MR) is 108 cm³/mol. The van der Waals surface area contributed by atoms with Gasteiger partial charge in [0, 0.05) is 6.07 Å². The van der Waals surface area contributed by atoms with Gasteiger partial charge in [-0.2, -0.15) is 0 Å². The van der Waals surface area contributed by atoms with Crippen LogP contribution in [0.1, 0.15) is 22.8 Å². The third-order valence-corrected chi connectivity index (χ3v) is 3.96. The Labute approximate surface area is 164 Å². The molecule has 0 saturated carbocycles. The maximum absolute atomic E-state index is 12.5. The standard InChI is InChI=1S/C22H22N2O4/c1-4-27-18-8-6-5-7-17(18)22(25)24-16-10-12-21(23-14-16)28-19-11-9-15(2)13-20(19)26-3/h5-14H,4H2,1-3H3,(H,24,25). The van der Waals surface area contributed by atoms with Crippen molar-refractivity contribution in [2.75, 3.05) is 19.0 Å². The summed E-state index contributed by atoms with van der Waals surface area (Å²) in [5.41, 5.74) is 2.09. The molecule has 0 aliphatic rings. The summed E-state index contributed by atoms with van der Waals surface area (Å²) < 4.78 is 16.6. The third kappa shape index (κ3) is 4.59. The number of aromatic nitrogens is 1. The number of pyridine rings is 1. The molecular weight excluding hydrogens is 356 g/mol. The lowest BCUT2D eigenvalue weighted by atomic mass is 10.2. The van der Waals surface area contributed by atoms with Gasteiger partial charge >= 0.3 is 0 Å². The minimum absolute atomic E-state index is 0.264. The number of amides is 1. The Morgan fingerprint density at radius 3 is 2.57 bits per heavy atom. The second-order valence-electron chi connectivity index (χ2n) is 6.02. The van der Waals surface area contributed by atoms with Gasteiger partial charge in [0.2, 0.25) is 5.88 Å².